The predicted molar refractivity (Wildman–Crippen MR) is 146 cm³/mol. The number of nitrogens with zero attached hydrogens (tertiary/aromatic N) is 4. The first-order valence-electron chi connectivity index (χ1n) is 12.8. The predicted octanol–water partition coefficient (Wildman–Crippen LogP) is 3.70. The lowest BCUT2D eigenvalue weighted by Crippen LogP contribution is -2.56. The summed E-state index contributed by atoms with van der Waals surface area (Å²) in [7, 11) is 0. The van der Waals surface area contributed by atoms with Gasteiger partial charge in [0.05, 0.1) is 13.1 Å². The summed E-state index contributed by atoms with van der Waals surface area (Å²) in [6.07, 6.45) is -4.94. The number of aliphatic imine (C=N–C) groups is 1. The van der Waals surface area contributed by atoms with Gasteiger partial charge < -0.3 is 15.5 Å². The fourth-order valence-corrected chi connectivity index (χ4v) is 5.14. The Bertz CT molecular complexity index is 1550. The number of nitrogens with two attached hydrogens (primary N) is 1. The SMILES string of the molecule is N=C1CN(C(=O)c2cc(F)cc(CN3C(=O)C(c4ccccc4)(c4ccccc4)N=C3N)c2)CCN1C(=N)C(F)(F)F. The summed E-state index contributed by atoms with van der Waals surface area (Å²) in [4.78, 5) is 34.6. The fraction of sp³-hybridized carbons (Fsp3) is 0.207. The number of halogens is 4. The van der Waals surface area contributed by atoms with Crippen molar-refractivity contribution in [2.45, 2.75) is 18.3 Å². The van der Waals surface area contributed by atoms with Gasteiger partial charge in [0.15, 0.2) is 11.5 Å². The molecule has 0 unspecified atom stereocenters. The number of amidine groups is 2. The van der Waals surface area contributed by atoms with Crippen molar-refractivity contribution in [3.63, 3.8) is 0 Å². The molecule has 13 heteroatoms. The third-order valence-electron chi connectivity index (χ3n) is 7.13. The van der Waals surface area contributed by atoms with E-state index in [0.717, 1.165) is 17.0 Å². The lowest BCUT2D eigenvalue weighted by molar-refractivity contribution is -0.130. The second-order valence-electron chi connectivity index (χ2n) is 9.82. The molecule has 42 heavy (non-hydrogen) atoms. The van der Waals surface area contributed by atoms with Gasteiger partial charge in [0, 0.05) is 18.7 Å². The number of guanidine groups is 1. The molecule has 0 aromatic heterocycles. The van der Waals surface area contributed by atoms with Gasteiger partial charge in [0.2, 0.25) is 5.84 Å². The highest BCUT2D eigenvalue weighted by Gasteiger charge is 2.50. The summed E-state index contributed by atoms with van der Waals surface area (Å²) in [6.45, 7) is -1.34. The highest BCUT2D eigenvalue weighted by atomic mass is 19.4. The van der Waals surface area contributed by atoms with Crippen molar-refractivity contribution >= 4 is 29.4 Å². The van der Waals surface area contributed by atoms with Gasteiger partial charge in [0.25, 0.3) is 11.8 Å². The molecule has 0 saturated carbocycles. The number of hydrogen-bond acceptors (Lipinski definition) is 6. The molecule has 0 bridgehead atoms. The molecule has 0 aliphatic carbocycles. The van der Waals surface area contributed by atoms with Crippen molar-refractivity contribution in [3.05, 3.63) is 107 Å². The summed E-state index contributed by atoms with van der Waals surface area (Å²) in [5.74, 6) is -4.32. The topological polar surface area (TPSA) is 130 Å². The standard InChI is InChI=1S/C29H25F4N7O2/c30-22-14-18(13-19(15-22)24(41)38-11-12-39(23(34)17-38)25(35)29(31,32)33)16-40-26(42)28(37-27(40)36,20-7-3-1-4-8-20)21-9-5-2-6-10-21/h1-10,13-15,34-35H,11-12,16-17H2,(H2,36,37). The molecule has 2 heterocycles. The maximum Gasteiger partial charge on any atom is 0.449 e. The number of rotatable bonds is 5. The highest BCUT2D eigenvalue weighted by Crippen LogP contribution is 2.40. The molecule has 4 N–H and O–H groups in total. The number of carbonyl (C=O) groups is 2. The summed E-state index contributed by atoms with van der Waals surface area (Å²) in [5, 5.41) is 15.2. The molecule has 1 saturated heterocycles. The van der Waals surface area contributed by atoms with E-state index in [1.807, 2.05) is 0 Å². The molecule has 0 radical (unpaired) electrons. The van der Waals surface area contributed by atoms with Gasteiger partial charge in [-0.2, -0.15) is 13.2 Å². The van der Waals surface area contributed by atoms with Crippen molar-refractivity contribution in [3.8, 4) is 0 Å². The van der Waals surface area contributed by atoms with Crippen LogP contribution in [0.3, 0.4) is 0 Å². The summed E-state index contributed by atoms with van der Waals surface area (Å²) >= 11 is 0. The smallest absolute Gasteiger partial charge is 0.369 e. The van der Waals surface area contributed by atoms with Gasteiger partial charge in [-0.15, -0.1) is 0 Å². The molecule has 9 nitrogen and oxygen atoms in total. The van der Waals surface area contributed by atoms with E-state index in [1.54, 1.807) is 60.7 Å². The molecule has 0 spiro atoms. The van der Waals surface area contributed by atoms with Crippen molar-refractivity contribution < 1.29 is 27.2 Å². The van der Waals surface area contributed by atoms with Crippen molar-refractivity contribution in [1.29, 1.82) is 10.8 Å². The van der Waals surface area contributed by atoms with Crippen LogP contribution in [0, 0.1) is 16.6 Å². The molecule has 3 aromatic carbocycles. The zero-order valence-corrected chi connectivity index (χ0v) is 22.0. The van der Waals surface area contributed by atoms with E-state index in [0.29, 0.717) is 16.0 Å². The van der Waals surface area contributed by atoms with Gasteiger partial charge in [0.1, 0.15) is 11.7 Å². The molecule has 2 aliphatic heterocycles. The molecular formula is C29H25F4N7O2. The van der Waals surface area contributed by atoms with Crippen molar-refractivity contribution in [1.82, 2.24) is 14.7 Å². The maximum atomic E-state index is 14.7. The molecular weight excluding hydrogens is 554 g/mol. The number of hydrogen-bond donors (Lipinski definition) is 3. The van der Waals surface area contributed by atoms with E-state index >= 15 is 0 Å². The van der Waals surface area contributed by atoms with E-state index in [2.05, 4.69) is 4.99 Å². The minimum atomic E-state index is -4.94. The van der Waals surface area contributed by atoms with Crippen LogP contribution in [0.25, 0.3) is 0 Å². The molecule has 3 aromatic rings. The van der Waals surface area contributed by atoms with Gasteiger partial charge >= 0.3 is 6.18 Å². The Hall–Kier alpha value is -5.07. The number of carbonyl (C=O) groups excluding carboxylic acids is 2. The largest absolute Gasteiger partial charge is 0.449 e. The van der Waals surface area contributed by atoms with E-state index in [1.165, 1.54) is 11.0 Å². The lowest BCUT2D eigenvalue weighted by Gasteiger charge is -2.36. The van der Waals surface area contributed by atoms with Gasteiger partial charge in [-0.1, -0.05) is 60.7 Å². The van der Waals surface area contributed by atoms with Gasteiger partial charge in [-0.25, -0.2) is 9.38 Å². The van der Waals surface area contributed by atoms with Crippen molar-refractivity contribution in [2.75, 3.05) is 19.6 Å². The second kappa shape index (κ2) is 10.7. The number of alkyl halides is 3. The first-order valence-corrected chi connectivity index (χ1v) is 12.8. The summed E-state index contributed by atoms with van der Waals surface area (Å²) in [5.41, 5.74) is 6.08. The minimum absolute atomic E-state index is 0.0958. The fourth-order valence-electron chi connectivity index (χ4n) is 5.14. The normalized spacial score (nSPS) is 17.0. The van der Waals surface area contributed by atoms with Crippen LogP contribution in [-0.2, 0) is 16.9 Å². The maximum absolute atomic E-state index is 14.7. The van der Waals surface area contributed by atoms with E-state index < -0.39 is 54.1 Å². The highest BCUT2D eigenvalue weighted by molar-refractivity contribution is 6.09. The Morgan fingerprint density at radius 2 is 1.57 bits per heavy atom. The zero-order valence-electron chi connectivity index (χ0n) is 22.0. The molecule has 2 amide bonds. The van der Waals surface area contributed by atoms with E-state index in [4.69, 9.17) is 16.6 Å². The Morgan fingerprint density at radius 1 is 0.976 bits per heavy atom. The third kappa shape index (κ3) is 5.08. The van der Waals surface area contributed by atoms with Crippen LogP contribution in [0.4, 0.5) is 17.6 Å². The number of amides is 2. The van der Waals surface area contributed by atoms with Crippen LogP contribution < -0.4 is 5.73 Å². The van der Waals surface area contributed by atoms with Crippen LogP contribution in [0.5, 0.6) is 0 Å². The van der Waals surface area contributed by atoms with Crippen molar-refractivity contribution in [2.24, 2.45) is 10.7 Å². The van der Waals surface area contributed by atoms with Crippen LogP contribution in [-0.4, -0.2) is 70.0 Å². The average molecular weight is 580 g/mol. The number of benzene rings is 3. The monoisotopic (exact) mass is 579 g/mol. The van der Waals surface area contributed by atoms with Crippen LogP contribution in [0.15, 0.2) is 83.9 Å². The van der Waals surface area contributed by atoms with Crippen LogP contribution in [0.2, 0.25) is 0 Å². The zero-order chi connectivity index (χ0) is 30.2. The number of nitrogens with one attached hydrogen (secondary N) is 2. The molecule has 2 aliphatic rings. The Labute approximate surface area is 237 Å². The molecule has 1 fully saturated rings. The van der Waals surface area contributed by atoms with E-state index in [-0.39, 0.29) is 30.2 Å². The van der Waals surface area contributed by atoms with Gasteiger partial charge in [-0.05, 0) is 34.9 Å². The first-order chi connectivity index (χ1) is 19.9. The lowest BCUT2D eigenvalue weighted by atomic mass is 9.83. The van der Waals surface area contributed by atoms with Crippen LogP contribution >= 0.6 is 0 Å². The Kier molecular flexibility index (Phi) is 7.27. The summed E-state index contributed by atoms with van der Waals surface area (Å²) < 4.78 is 53.6. The molecule has 216 valence electrons. The first kappa shape index (κ1) is 28.5. The average Bonchev–Trinajstić information content (AvgIpc) is 3.22. The third-order valence-corrected chi connectivity index (χ3v) is 7.13. The Balaban J connectivity index is 1.39. The van der Waals surface area contributed by atoms with Crippen LogP contribution in [0.1, 0.15) is 27.0 Å². The quantitative estimate of drug-likeness (QED) is 0.242. The number of piperazine rings is 1. The minimum Gasteiger partial charge on any atom is -0.369 e. The van der Waals surface area contributed by atoms with Gasteiger partial charge in [-0.3, -0.25) is 25.3 Å². The molecule has 5 rings (SSSR count). The molecule has 0 atom stereocenters. The summed E-state index contributed by atoms with van der Waals surface area (Å²) in [6, 6.07) is 21.2. The van der Waals surface area contributed by atoms with E-state index in [9.17, 15) is 27.2 Å². The second-order valence-corrected chi connectivity index (χ2v) is 9.82. The Morgan fingerprint density at radius 3 is 2.12 bits per heavy atom.